The van der Waals surface area contributed by atoms with Crippen LogP contribution in [0.2, 0.25) is 0 Å². The van der Waals surface area contributed by atoms with Crippen LogP contribution in [0.15, 0.2) is 180 Å². The van der Waals surface area contributed by atoms with Crippen LogP contribution in [0, 0.1) is 5.41 Å². The van der Waals surface area contributed by atoms with Gasteiger partial charge in [-0.1, -0.05) is 211 Å². The van der Waals surface area contributed by atoms with Gasteiger partial charge in [-0.05, 0) is 68.2 Å². The van der Waals surface area contributed by atoms with E-state index in [0.717, 1.165) is 22.3 Å². The normalized spacial score (nSPS) is 19.7. The topological polar surface area (TPSA) is 43.2 Å². The van der Waals surface area contributed by atoms with Crippen LogP contribution in [-0.4, -0.2) is 11.8 Å². The van der Waals surface area contributed by atoms with Crippen LogP contribution in [0.4, 0.5) is 0 Å². The second-order valence-corrected chi connectivity index (χ2v) is 17.8. The standard InChI is InChI=1S/C53H54N2O2/c1-51(2,3)43-31-27-37(28-32-43)35-53(36-38-29-33-44(34-30-38)52(4,5)6,49-54-45(39-19-11-7-12-20-39)47(56-49)41-23-15-9-16-24-41)50-55-46(40-21-13-8-14-22-40)48(57-50)42-25-17-10-18-26-42/h7-34,45-48H,35-36H2,1-6H3/t45-,46-,47-,48-/m0/s1. The molecule has 0 saturated heterocycles. The smallest absolute Gasteiger partial charge is 0.201 e. The summed E-state index contributed by atoms with van der Waals surface area (Å²) in [5.41, 5.74) is 8.48. The van der Waals surface area contributed by atoms with Gasteiger partial charge in [-0.3, -0.25) is 0 Å². The van der Waals surface area contributed by atoms with Crippen LogP contribution in [0.1, 0.15) is 110 Å². The first-order valence-corrected chi connectivity index (χ1v) is 20.4. The lowest BCUT2D eigenvalue weighted by Gasteiger charge is -2.34. The van der Waals surface area contributed by atoms with E-state index in [2.05, 4.69) is 211 Å². The van der Waals surface area contributed by atoms with Gasteiger partial charge in [0.2, 0.25) is 11.8 Å². The number of benzene rings is 6. The molecule has 8 rings (SSSR count). The predicted molar refractivity (Wildman–Crippen MR) is 234 cm³/mol. The van der Waals surface area contributed by atoms with Crippen molar-refractivity contribution in [1.82, 2.24) is 0 Å². The molecule has 2 heterocycles. The van der Waals surface area contributed by atoms with Crippen LogP contribution in [-0.2, 0) is 33.1 Å². The second kappa shape index (κ2) is 15.7. The van der Waals surface area contributed by atoms with E-state index in [1.54, 1.807) is 0 Å². The molecule has 4 nitrogen and oxygen atoms in total. The van der Waals surface area contributed by atoms with E-state index >= 15 is 0 Å². The van der Waals surface area contributed by atoms with E-state index in [4.69, 9.17) is 19.5 Å². The summed E-state index contributed by atoms with van der Waals surface area (Å²) >= 11 is 0. The first-order valence-electron chi connectivity index (χ1n) is 20.4. The second-order valence-electron chi connectivity index (χ2n) is 17.8. The number of nitrogens with zero attached hydrogens (tertiary/aromatic N) is 2. The van der Waals surface area contributed by atoms with Crippen molar-refractivity contribution in [2.24, 2.45) is 15.4 Å². The molecule has 0 aliphatic carbocycles. The van der Waals surface area contributed by atoms with Crippen molar-refractivity contribution < 1.29 is 9.47 Å². The van der Waals surface area contributed by atoms with Crippen molar-refractivity contribution in [3.05, 3.63) is 214 Å². The third-order valence-corrected chi connectivity index (χ3v) is 11.6. The third-order valence-electron chi connectivity index (χ3n) is 11.6. The molecule has 288 valence electrons. The zero-order chi connectivity index (χ0) is 39.6. The van der Waals surface area contributed by atoms with E-state index in [0.29, 0.717) is 24.6 Å². The molecule has 2 aliphatic heterocycles. The molecule has 0 aromatic heterocycles. The van der Waals surface area contributed by atoms with E-state index in [-0.39, 0.29) is 35.1 Å². The summed E-state index contributed by atoms with van der Waals surface area (Å²) in [6.07, 6.45) is 0.516. The molecule has 2 aliphatic rings. The van der Waals surface area contributed by atoms with Gasteiger partial charge >= 0.3 is 0 Å². The molecular formula is C53H54N2O2. The van der Waals surface area contributed by atoms with Crippen molar-refractivity contribution in [3.63, 3.8) is 0 Å². The molecule has 57 heavy (non-hydrogen) atoms. The van der Waals surface area contributed by atoms with Crippen LogP contribution in [0.5, 0.6) is 0 Å². The Kier molecular flexibility index (Phi) is 10.5. The molecule has 6 aromatic rings. The van der Waals surface area contributed by atoms with E-state index < -0.39 is 5.41 Å². The fourth-order valence-electron chi connectivity index (χ4n) is 8.27. The van der Waals surface area contributed by atoms with E-state index in [9.17, 15) is 0 Å². The minimum Gasteiger partial charge on any atom is -0.469 e. The van der Waals surface area contributed by atoms with Crippen LogP contribution in [0.3, 0.4) is 0 Å². The fourth-order valence-corrected chi connectivity index (χ4v) is 8.27. The minimum atomic E-state index is -0.889. The van der Waals surface area contributed by atoms with Crippen molar-refractivity contribution in [1.29, 1.82) is 0 Å². The molecule has 0 N–H and O–H groups in total. The van der Waals surface area contributed by atoms with Gasteiger partial charge in [0.25, 0.3) is 0 Å². The zero-order valence-electron chi connectivity index (χ0n) is 34.1. The Balaban J connectivity index is 1.35. The van der Waals surface area contributed by atoms with Gasteiger partial charge in [0.1, 0.15) is 17.5 Å². The average molecular weight is 751 g/mol. The van der Waals surface area contributed by atoms with Crippen LogP contribution in [0.25, 0.3) is 0 Å². The average Bonchev–Trinajstić information content (AvgIpc) is 3.89. The lowest BCUT2D eigenvalue weighted by molar-refractivity contribution is 0.154. The van der Waals surface area contributed by atoms with Crippen LogP contribution < -0.4 is 0 Å². The number of hydrogen-bond acceptors (Lipinski definition) is 4. The highest BCUT2D eigenvalue weighted by atomic mass is 16.5. The monoisotopic (exact) mass is 750 g/mol. The largest absolute Gasteiger partial charge is 0.469 e. The van der Waals surface area contributed by atoms with Crippen molar-refractivity contribution in [3.8, 4) is 0 Å². The Morgan fingerprint density at radius 3 is 0.982 bits per heavy atom. The highest BCUT2D eigenvalue weighted by Crippen LogP contribution is 2.50. The van der Waals surface area contributed by atoms with Gasteiger partial charge in [0.05, 0.1) is 0 Å². The number of ether oxygens (including phenoxy) is 2. The maximum absolute atomic E-state index is 7.36. The van der Waals surface area contributed by atoms with Gasteiger partial charge in [-0.15, -0.1) is 0 Å². The maximum Gasteiger partial charge on any atom is 0.201 e. The molecule has 6 aromatic carbocycles. The lowest BCUT2D eigenvalue weighted by Crippen LogP contribution is -2.44. The Morgan fingerprint density at radius 1 is 0.386 bits per heavy atom. The number of hydrogen-bond donors (Lipinski definition) is 0. The van der Waals surface area contributed by atoms with Gasteiger partial charge in [0, 0.05) is 0 Å². The van der Waals surface area contributed by atoms with Crippen molar-refractivity contribution in [2.75, 3.05) is 0 Å². The summed E-state index contributed by atoms with van der Waals surface area (Å²) in [6, 6.07) is 59.8. The van der Waals surface area contributed by atoms with Gasteiger partial charge in [-0.25, -0.2) is 9.98 Å². The molecule has 4 heteroatoms. The molecule has 0 saturated carbocycles. The Labute approximate surface area is 339 Å². The van der Waals surface area contributed by atoms with Crippen LogP contribution >= 0.6 is 0 Å². The minimum absolute atomic E-state index is 0.0271. The van der Waals surface area contributed by atoms with E-state index in [1.807, 2.05) is 0 Å². The fraction of sp³-hybridized carbons (Fsp3) is 0.283. The van der Waals surface area contributed by atoms with Crippen molar-refractivity contribution >= 4 is 11.8 Å². The highest BCUT2D eigenvalue weighted by molar-refractivity contribution is 6.07. The third kappa shape index (κ3) is 8.09. The molecule has 0 fully saturated rings. The molecule has 4 atom stereocenters. The molecule has 0 radical (unpaired) electrons. The van der Waals surface area contributed by atoms with Gasteiger partial charge in [-0.2, -0.15) is 0 Å². The number of aliphatic imine (C=N–C) groups is 2. The molecular weight excluding hydrogens is 697 g/mol. The quantitative estimate of drug-likeness (QED) is 0.140. The summed E-state index contributed by atoms with van der Waals surface area (Å²) < 4.78 is 14.7. The zero-order valence-corrected chi connectivity index (χ0v) is 34.1. The summed E-state index contributed by atoms with van der Waals surface area (Å²) in [5, 5.41) is 0. The Bertz CT molecular complexity index is 2130. The number of rotatable bonds is 10. The molecule has 0 amide bonds. The molecule has 0 unspecified atom stereocenters. The first kappa shape index (κ1) is 38.1. The van der Waals surface area contributed by atoms with E-state index in [1.165, 1.54) is 22.3 Å². The van der Waals surface area contributed by atoms with Crippen molar-refractivity contribution in [2.45, 2.75) is 89.5 Å². The summed E-state index contributed by atoms with van der Waals surface area (Å²) in [7, 11) is 0. The lowest BCUT2D eigenvalue weighted by atomic mass is 9.74. The molecule has 0 bridgehead atoms. The maximum atomic E-state index is 7.36. The Morgan fingerprint density at radius 2 is 0.684 bits per heavy atom. The summed E-state index contributed by atoms with van der Waals surface area (Å²) in [6.45, 7) is 13.6. The predicted octanol–water partition coefficient (Wildman–Crippen LogP) is 12.9. The SMILES string of the molecule is CC(C)(C)c1ccc(CC(Cc2ccc(C(C)(C)C)cc2)(C2=N[C@@H](c3ccccc3)[C@H](c3ccccc3)O2)C2=N[C@@H](c3ccccc3)[C@H](c3ccccc3)O2)cc1. The summed E-state index contributed by atoms with van der Waals surface area (Å²) in [4.78, 5) is 11.3. The Hall–Kier alpha value is -5.74. The highest BCUT2D eigenvalue weighted by Gasteiger charge is 2.53. The molecule has 0 spiro atoms. The summed E-state index contributed by atoms with van der Waals surface area (Å²) in [5.74, 6) is 1.31. The van der Waals surface area contributed by atoms with Gasteiger partial charge in [0.15, 0.2) is 12.2 Å². The first-order chi connectivity index (χ1) is 27.5. The van der Waals surface area contributed by atoms with Gasteiger partial charge < -0.3 is 9.47 Å².